The van der Waals surface area contributed by atoms with Crippen LogP contribution in [0.4, 0.5) is 10.5 Å². The van der Waals surface area contributed by atoms with Crippen LogP contribution < -0.4 is 10.5 Å². The number of nitrogens with two attached hydrogens (primary N) is 1. The summed E-state index contributed by atoms with van der Waals surface area (Å²) in [4.78, 5) is 21.5. The van der Waals surface area contributed by atoms with Crippen molar-refractivity contribution in [2.75, 3.05) is 5.32 Å². The third kappa shape index (κ3) is 4.07. The van der Waals surface area contributed by atoms with E-state index in [0.29, 0.717) is 10.9 Å². The second kappa shape index (κ2) is 7.12. The number of fused-ring (bicyclic) bond motifs is 1. The lowest BCUT2D eigenvalue weighted by Crippen LogP contribution is -2.18. The quantitative estimate of drug-likeness (QED) is 0.678. The Morgan fingerprint density at radius 3 is 2.76 bits per heavy atom. The van der Waals surface area contributed by atoms with Crippen molar-refractivity contribution in [2.24, 2.45) is 9.50 Å². The third-order valence-electron chi connectivity index (χ3n) is 5.18. The van der Waals surface area contributed by atoms with E-state index in [4.69, 9.17) is 10.1 Å². The summed E-state index contributed by atoms with van der Waals surface area (Å²) in [5, 5.41) is 19.2. The van der Waals surface area contributed by atoms with Gasteiger partial charge in [0.05, 0.1) is 11.9 Å². The SMILES string of the molecule is Cc1nc2c(c(NC(=O)N=S(N)(=O)c3cnc(C(C)(C)O)s3)c1C1CC1)CCC2. The molecule has 1 fully saturated rings. The van der Waals surface area contributed by atoms with Crippen molar-refractivity contribution in [2.45, 2.75) is 68.6 Å². The second-order valence-corrected chi connectivity index (χ2v) is 11.2. The van der Waals surface area contributed by atoms with Gasteiger partial charge in [0, 0.05) is 17.0 Å². The standard InChI is InChI=1S/C19H25N5O3S2/c1-10-15(11-7-8-11)16(12-5-4-6-13(12)22-10)23-18(25)24-29(20,27)14-9-21-17(28-14)19(2,3)26/h9,11,26H,4-8H2,1-3H3,(H3,20,22,23,24,25,27). The van der Waals surface area contributed by atoms with Crippen molar-refractivity contribution in [1.82, 2.24) is 9.97 Å². The maximum absolute atomic E-state index is 12.9. The van der Waals surface area contributed by atoms with Gasteiger partial charge in [-0.05, 0) is 64.4 Å². The lowest BCUT2D eigenvalue weighted by atomic mass is 10.0. The number of hydrogen-bond donors (Lipinski definition) is 3. The van der Waals surface area contributed by atoms with Crippen LogP contribution in [0.3, 0.4) is 0 Å². The number of carbonyl (C=O) groups excluding carboxylic acids is 1. The number of amides is 2. The predicted octanol–water partition coefficient (Wildman–Crippen LogP) is 3.37. The van der Waals surface area contributed by atoms with Gasteiger partial charge in [0.1, 0.15) is 14.8 Å². The Morgan fingerprint density at radius 1 is 1.41 bits per heavy atom. The number of aliphatic hydroxyl groups is 1. The van der Waals surface area contributed by atoms with Gasteiger partial charge in [-0.25, -0.2) is 19.1 Å². The number of nitrogens with zero attached hydrogens (tertiary/aromatic N) is 3. The summed E-state index contributed by atoms with van der Waals surface area (Å²) >= 11 is 0.990. The van der Waals surface area contributed by atoms with Gasteiger partial charge in [-0.2, -0.15) is 0 Å². The van der Waals surface area contributed by atoms with Gasteiger partial charge >= 0.3 is 6.03 Å². The van der Waals surface area contributed by atoms with Crippen LogP contribution >= 0.6 is 11.3 Å². The summed E-state index contributed by atoms with van der Waals surface area (Å²) in [5.74, 6) is 0.404. The van der Waals surface area contributed by atoms with Crippen molar-refractivity contribution in [3.8, 4) is 0 Å². The number of anilines is 1. The van der Waals surface area contributed by atoms with Gasteiger partial charge < -0.3 is 10.4 Å². The summed E-state index contributed by atoms with van der Waals surface area (Å²) in [7, 11) is -3.47. The Hall–Kier alpha value is -1.88. The van der Waals surface area contributed by atoms with Gasteiger partial charge in [-0.3, -0.25) is 4.98 Å². The van der Waals surface area contributed by atoms with Crippen LogP contribution in [-0.2, 0) is 28.4 Å². The fourth-order valence-electron chi connectivity index (χ4n) is 3.72. The minimum atomic E-state index is -3.47. The average molecular weight is 436 g/mol. The number of pyridine rings is 1. The molecule has 2 aliphatic rings. The zero-order chi connectivity index (χ0) is 21.0. The summed E-state index contributed by atoms with van der Waals surface area (Å²) in [5.41, 5.74) is 3.68. The molecule has 2 heterocycles. The van der Waals surface area contributed by atoms with Gasteiger partial charge in [0.15, 0.2) is 9.92 Å². The molecule has 1 unspecified atom stereocenters. The van der Waals surface area contributed by atoms with Gasteiger partial charge in [-0.1, -0.05) is 0 Å². The molecule has 0 saturated heterocycles. The monoisotopic (exact) mass is 435 g/mol. The smallest absolute Gasteiger partial charge is 0.354 e. The number of thiazole rings is 1. The third-order valence-corrected chi connectivity index (χ3v) is 8.37. The van der Waals surface area contributed by atoms with Gasteiger partial charge in [0.2, 0.25) is 0 Å². The molecular weight excluding hydrogens is 410 g/mol. The maximum Gasteiger partial charge on any atom is 0.354 e. The van der Waals surface area contributed by atoms with Crippen LogP contribution in [0.25, 0.3) is 0 Å². The van der Waals surface area contributed by atoms with Crippen molar-refractivity contribution in [1.29, 1.82) is 0 Å². The Labute approximate surface area is 174 Å². The van der Waals surface area contributed by atoms with E-state index in [9.17, 15) is 14.1 Å². The normalized spacial score (nSPS) is 18.2. The molecule has 2 aromatic heterocycles. The summed E-state index contributed by atoms with van der Waals surface area (Å²) < 4.78 is 16.8. The van der Waals surface area contributed by atoms with E-state index in [1.54, 1.807) is 13.8 Å². The molecular formula is C19H25N5O3S2. The second-order valence-electron chi connectivity index (χ2n) is 8.17. The first kappa shape index (κ1) is 20.4. The molecule has 0 aliphatic heterocycles. The summed E-state index contributed by atoms with van der Waals surface area (Å²) in [6.45, 7) is 5.12. The highest BCUT2D eigenvalue weighted by Gasteiger charge is 2.33. The molecule has 4 rings (SSSR count). The molecule has 4 N–H and O–H groups in total. The first-order valence-electron chi connectivity index (χ1n) is 9.63. The lowest BCUT2D eigenvalue weighted by molar-refractivity contribution is 0.0783. The Balaban J connectivity index is 1.67. The van der Waals surface area contributed by atoms with Crippen LogP contribution in [0.5, 0.6) is 0 Å². The van der Waals surface area contributed by atoms with Crippen molar-refractivity contribution < 1.29 is 14.1 Å². The molecule has 0 aromatic carbocycles. The number of urea groups is 1. The number of nitrogens with one attached hydrogen (secondary N) is 1. The molecule has 0 radical (unpaired) electrons. The Morgan fingerprint density at radius 2 is 2.14 bits per heavy atom. The molecule has 156 valence electrons. The molecule has 2 amide bonds. The van der Waals surface area contributed by atoms with E-state index in [2.05, 4.69) is 14.7 Å². The van der Waals surface area contributed by atoms with Crippen molar-refractivity contribution in [3.63, 3.8) is 0 Å². The van der Waals surface area contributed by atoms with Gasteiger partial charge in [0.25, 0.3) is 0 Å². The highest BCUT2D eigenvalue weighted by Crippen LogP contribution is 2.47. The lowest BCUT2D eigenvalue weighted by Gasteiger charge is -2.16. The van der Waals surface area contributed by atoms with E-state index in [0.717, 1.165) is 71.6 Å². The number of aromatic nitrogens is 2. The minimum Gasteiger partial charge on any atom is -0.383 e. The minimum absolute atomic E-state index is 0.156. The zero-order valence-corrected chi connectivity index (χ0v) is 18.3. The average Bonchev–Trinajstić information content (AvgIpc) is 3.10. The van der Waals surface area contributed by atoms with E-state index in [1.165, 1.54) is 6.20 Å². The molecule has 2 aliphatic carbocycles. The van der Waals surface area contributed by atoms with E-state index in [-0.39, 0.29) is 4.21 Å². The maximum atomic E-state index is 12.9. The molecule has 2 aromatic rings. The molecule has 29 heavy (non-hydrogen) atoms. The Kier molecular flexibility index (Phi) is 5.01. The van der Waals surface area contributed by atoms with Crippen molar-refractivity contribution in [3.05, 3.63) is 33.7 Å². The molecule has 1 atom stereocenters. The molecule has 1 saturated carbocycles. The number of aryl methyl sites for hydroxylation is 2. The fraction of sp³-hybridized carbons (Fsp3) is 0.526. The Bertz CT molecular complexity index is 1110. The highest BCUT2D eigenvalue weighted by atomic mass is 32.2. The summed E-state index contributed by atoms with van der Waals surface area (Å²) in [6, 6.07) is -0.739. The number of rotatable bonds is 4. The predicted molar refractivity (Wildman–Crippen MR) is 112 cm³/mol. The molecule has 0 bridgehead atoms. The molecule has 10 heteroatoms. The fourth-order valence-corrected chi connectivity index (χ4v) is 5.78. The largest absolute Gasteiger partial charge is 0.383 e. The molecule has 0 spiro atoms. The van der Waals surface area contributed by atoms with Crippen LogP contribution in [-0.4, -0.2) is 25.3 Å². The van der Waals surface area contributed by atoms with Gasteiger partial charge in [-0.15, -0.1) is 15.7 Å². The van der Waals surface area contributed by atoms with Crippen LogP contribution in [0, 0.1) is 6.92 Å². The van der Waals surface area contributed by atoms with Crippen molar-refractivity contribution >= 4 is 33.0 Å². The van der Waals surface area contributed by atoms with Crippen LogP contribution in [0.1, 0.15) is 66.6 Å². The van der Waals surface area contributed by atoms with E-state index in [1.807, 2.05) is 6.92 Å². The van der Waals surface area contributed by atoms with E-state index >= 15 is 0 Å². The van der Waals surface area contributed by atoms with Crippen LogP contribution in [0.15, 0.2) is 14.8 Å². The van der Waals surface area contributed by atoms with E-state index < -0.39 is 21.5 Å². The highest BCUT2D eigenvalue weighted by molar-refractivity contribution is 7.93. The zero-order valence-electron chi connectivity index (χ0n) is 16.7. The summed E-state index contributed by atoms with van der Waals surface area (Å²) in [6.07, 6.45) is 6.23. The topological polar surface area (TPSA) is 131 Å². The number of hydrogen-bond acceptors (Lipinski definition) is 6. The number of carbonyl (C=O) groups is 1. The van der Waals surface area contributed by atoms with Crippen LogP contribution in [0.2, 0.25) is 0 Å². The first-order chi connectivity index (χ1) is 13.6. The first-order valence-corrected chi connectivity index (χ1v) is 12.0. The molecule has 8 nitrogen and oxygen atoms in total.